The standard InChI is InChI=1S/C15H21F2NO2/c1-3-6-18-9-11-7-12(11)10-4-5-13(19-2)14(8-10)20-15(16)17/h4-5,8,11-12,15,18H,3,6-7,9H2,1-2H3. The van der Waals surface area contributed by atoms with Crippen LogP contribution in [0.15, 0.2) is 18.2 Å². The highest BCUT2D eigenvalue weighted by Crippen LogP contribution is 2.48. The minimum atomic E-state index is -2.83. The van der Waals surface area contributed by atoms with Crippen LogP contribution < -0.4 is 14.8 Å². The zero-order valence-electron chi connectivity index (χ0n) is 11.9. The number of hydrogen-bond acceptors (Lipinski definition) is 3. The number of hydrogen-bond donors (Lipinski definition) is 1. The van der Waals surface area contributed by atoms with Crippen LogP contribution in [0.4, 0.5) is 8.78 Å². The van der Waals surface area contributed by atoms with Gasteiger partial charge in [-0.1, -0.05) is 13.0 Å². The summed E-state index contributed by atoms with van der Waals surface area (Å²) in [5.74, 6) is 1.49. The van der Waals surface area contributed by atoms with E-state index in [1.54, 1.807) is 12.1 Å². The zero-order chi connectivity index (χ0) is 14.5. The van der Waals surface area contributed by atoms with Gasteiger partial charge in [-0.3, -0.25) is 0 Å². The first-order chi connectivity index (χ1) is 9.65. The lowest BCUT2D eigenvalue weighted by Gasteiger charge is -2.11. The summed E-state index contributed by atoms with van der Waals surface area (Å²) in [4.78, 5) is 0. The van der Waals surface area contributed by atoms with Gasteiger partial charge < -0.3 is 14.8 Å². The van der Waals surface area contributed by atoms with Gasteiger partial charge in [0.25, 0.3) is 0 Å². The molecule has 0 radical (unpaired) electrons. The minimum Gasteiger partial charge on any atom is -0.493 e. The second-order valence-corrected chi connectivity index (χ2v) is 5.10. The lowest BCUT2D eigenvalue weighted by atomic mass is 10.1. The Morgan fingerprint density at radius 3 is 2.80 bits per heavy atom. The molecule has 2 unspecified atom stereocenters. The summed E-state index contributed by atoms with van der Waals surface area (Å²) in [6.07, 6.45) is 2.21. The van der Waals surface area contributed by atoms with Crippen molar-refractivity contribution in [3.05, 3.63) is 23.8 Å². The maximum absolute atomic E-state index is 12.4. The molecule has 0 amide bonds. The summed E-state index contributed by atoms with van der Waals surface area (Å²) in [7, 11) is 1.45. The molecule has 0 heterocycles. The number of methoxy groups -OCH3 is 1. The van der Waals surface area contributed by atoms with Crippen LogP contribution in [-0.2, 0) is 0 Å². The number of halogens is 2. The maximum Gasteiger partial charge on any atom is 0.387 e. The van der Waals surface area contributed by atoms with Crippen molar-refractivity contribution >= 4 is 0 Å². The van der Waals surface area contributed by atoms with Crippen LogP contribution in [-0.4, -0.2) is 26.8 Å². The van der Waals surface area contributed by atoms with Crippen molar-refractivity contribution < 1.29 is 18.3 Å². The molecule has 2 rings (SSSR count). The van der Waals surface area contributed by atoms with Gasteiger partial charge in [0.05, 0.1) is 7.11 Å². The highest BCUT2D eigenvalue weighted by atomic mass is 19.3. The molecule has 0 saturated heterocycles. The van der Waals surface area contributed by atoms with Gasteiger partial charge in [-0.25, -0.2) is 0 Å². The van der Waals surface area contributed by atoms with E-state index in [9.17, 15) is 8.78 Å². The molecule has 0 spiro atoms. The van der Waals surface area contributed by atoms with Crippen molar-refractivity contribution in [3.8, 4) is 11.5 Å². The van der Waals surface area contributed by atoms with Gasteiger partial charge in [0, 0.05) is 0 Å². The van der Waals surface area contributed by atoms with Crippen molar-refractivity contribution in [2.75, 3.05) is 20.2 Å². The van der Waals surface area contributed by atoms with Crippen LogP contribution in [0.25, 0.3) is 0 Å². The van der Waals surface area contributed by atoms with Crippen molar-refractivity contribution in [1.29, 1.82) is 0 Å². The molecule has 1 aliphatic carbocycles. The van der Waals surface area contributed by atoms with Crippen molar-refractivity contribution in [1.82, 2.24) is 5.32 Å². The molecular formula is C15H21F2NO2. The quantitative estimate of drug-likeness (QED) is 0.743. The van der Waals surface area contributed by atoms with E-state index < -0.39 is 6.61 Å². The molecule has 1 aromatic carbocycles. The van der Waals surface area contributed by atoms with E-state index in [2.05, 4.69) is 17.0 Å². The fraction of sp³-hybridized carbons (Fsp3) is 0.600. The summed E-state index contributed by atoms with van der Waals surface area (Å²) in [6.45, 7) is 1.30. The van der Waals surface area contributed by atoms with Gasteiger partial charge in [0.15, 0.2) is 11.5 Å². The van der Waals surface area contributed by atoms with E-state index in [0.717, 1.165) is 31.5 Å². The molecular weight excluding hydrogens is 264 g/mol. The zero-order valence-corrected chi connectivity index (χ0v) is 11.9. The Morgan fingerprint density at radius 2 is 2.15 bits per heavy atom. The van der Waals surface area contributed by atoms with Crippen LogP contribution in [0, 0.1) is 5.92 Å². The predicted molar refractivity (Wildman–Crippen MR) is 73.6 cm³/mol. The Labute approximate surface area is 118 Å². The molecule has 5 heteroatoms. The Morgan fingerprint density at radius 1 is 1.35 bits per heavy atom. The van der Waals surface area contributed by atoms with E-state index >= 15 is 0 Å². The largest absolute Gasteiger partial charge is 0.493 e. The number of benzene rings is 1. The summed E-state index contributed by atoms with van der Waals surface area (Å²) in [5.41, 5.74) is 1.05. The van der Waals surface area contributed by atoms with Gasteiger partial charge in [-0.05, 0) is 55.5 Å². The van der Waals surface area contributed by atoms with E-state index in [-0.39, 0.29) is 5.75 Å². The molecule has 0 aromatic heterocycles. The first kappa shape index (κ1) is 15.0. The van der Waals surface area contributed by atoms with E-state index in [1.807, 2.05) is 6.07 Å². The van der Waals surface area contributed by atoms with Crippen LogP contribution in [0.1, 0.15) is 31.2 Å². The Hall–Kier alpha value is -1.36. The summed E-state index contributed by atoms with van der Waals surface area (Å²) >= 11 is 0. The average molecular weight is 285 g/mol. The number of alkyl halides is 2. The van der Waals surface area contributed by atoms with E-state index in [4.69, 9.17) is 4.74 Å². The molecule has 3 nitrogen and oxygen atoms in total. The third kappa shape index (κ3) is 3.82. The minimum absolute atomic E-state index is 0.118. The van der Waals surface area contributed by atoms with Crippen LogP contribution in [0.5, 0.6) is 11.5 Å². The maximum atomic E-state index is 12.4. The molecule has 0 aliphatic heterocycles. The van der Waals surface area contributed by atoms with Crippen molar-refractivity contribution in [3.63, 3.8) is 0 Å². The monoisotopic (exact) mass is 285 g/mol. The Balaban J connectivity index is 1.99. The molecule has 0 bridgehead atoms. The van der Waals surface area contributed by atoms with Crippen molar-refractivity contribution in [2.24, 2.45) is 5.92 Å². The third-order valence-electron chi connectivity index (χ3n) is 3.59. The molecule has 112 valence electrons. The first-order valence-electron chi connectivity index (χ1n) is 6.99. The van der Waals surface area contributed by atoms with Gasteiger partial charge in [-0.15, -0.1) is 0 Å². The van der Waals surface area contributed by atoms with Gasteiger partial charge in [0.2, 0.25) is 0 Å². The summed E-state index contributed by atoms with van der Waals surface area (Å²) < 4.78 is 34.3. The summed E-state index contributed by atoms with van der Waals surface area (Å²) in [6, 6.07) is 5.30. The average Bonchev–Trinajstić information content (AvgIpc) is 3.18. The molecule has 2 atom stereocenters. The topological polar surface area (TPSA) is 30.5 Å². The predicted octanol–water partition coefficient (Wildman–Crippen LogP) is 3.40. The third-order valence-corrected chi connectivity index (χ3v) is 3.59. The Bertz CT molecular complexity index is 440. The first-order valence-corrected chi connectivity index (χ1v) is 6.99. The van der Waals surface area contributed by atoms with Gasteiger partial charge >= 0.3 is 6.61 Å². The van der Waals surface area contributed by atoms with Crippen molar-refractivity contribution in [2.45, 2.75) is 32.3 Å². The highest BCUT2D eigenvalue weighted by Gasteiger charge is 2.38. The van der Waals surface area contributed by atoms with E-state index in [0.29, 0.717) is 17.6 Å². The number of ether oxygens (including phenoxy) is 2. The van der Waals surface area contributed by atoms with Crippen LogP contribution >= 0.6 is 0 Å². The normalized spacial score (nSPS) is 21.1. The molecule has 1 aliphatic rings. The second kappa shape index (κ2) is 6.88. The summed E-state index contributed by atoms with van der Waals surface area (Å²) in [5, 5.41) is 3.39. The Kier molecular flexibility index (Phi) is 5.17. The van der Waals surface area contributed by atoms with Crippen LogP contribution in [0.3, 0.4) is 0 Å². The molecule has 20 heavy (non-hydrogen) atoms. The fourth-order valence-electron chi connectivity index (χ4n) is 2.46. The molecule has 1 saturated carbocycles. The highest BCUT2D eigenvalue weighted by molar-refractivity contribution is 5.45. The lowest BCUT2D eigenvalue weighted by Crippen LogP contribution is -2.17. The molecule has 1 N–H and O–H groups in total. The van der Waals surface area contributed by atoms with Crippen LogP contribution in [0.2, 0.25) is 0 Å². The van der Waals surface area contributed by atoms with Gasteiger partial charge in [0.1, 0.15) is 0 Å². The lowest BCUT2D eigenvalue weighted by molar-refractivity contribution is -0.0512. The SMILES string of the molecule is CCCNCC1CC1c1ccc(OC)c(OC(F)F)c1. The second-order valence-electron chi connectivity index (χ2n) is 5.10. The number of rotatable bonds is 8. The number of nitrogens with one attached hydrogen (secondary N) is 1. The molecule has 1 fully saturated rings. The van der Waals surface area contributed by atoms with Gasteiger partial charge in [-0.2, -0.15) is 8.78 Å². The molecule has 1 aromatic rings. The smallest absolute Gasteiger partial charge is 0.387 e. The fourth-order valence-corrected chi connectivity index (χ4v) is 2.46. The van der Waals surface area contributed by atoms with E-state index in [1.165, 1.54) is 7.11 Å².